The number of aromatic nitrogens is 1. The first kappa shape index (κ1) is 12.2. The van der Waals surface area contributed by atoms with Crippen molar-refractivity contribution in [1.82, 2.24) is 4.98 Å². The molecule has 18 heavy (non-hydrogen) atoms. The summed E-state index contributed by atoms with van der Waals surface area (Å²) in [5.74, 6) is 1.31. The van der Waals surface area contributed by atoms with Crippen molar-refractivity contribution >= 4 is 5.69 Å². The standard InChI is InChI=1S/C14H16N2O2/c1-10-5-11(8-16-7-10)9-18-13-4-3-12(15)6-14(13)17-2/h3-8H,9,15H2,1-2H3. The molecule has 0 aliphatic rings. The minimum Gasteiger partial charge on any atom is -0.493 e. The predicted molar refractivity (Wildman–Crippen MR) is 70.7 cm³/mol. The number of anilines is 1. The summed E-state index contributed by atoms with van der Waals surface area (Å²) in [6.45, 7) is 2.45. The molecule has 0 bridgehead atoms. The van der Waals surface area contributed by atoms with Crippen molar-refractivity contribution in [2.75, 3.05) is 12.8 Å². The van der Waals surface area contributed by atoms with Crippen molar-refractivity contribution in [2.45, 2.75) is 13.5 Å². The quantitative estimate of drug-likeness (QED) is 0.840. The molecule has 1 heterocycles. The third-order valence-corrected chi connectivity index (χ3v) is 2.51. The Morgan fingerprint density at radius 3 is 2.72 bits per heavy atom. The summed E-state index contributed by atoms with van der Waals surface area (Å²) in [6.07, 6.45) is 3.60. The van der Waals surface area contributed by atoms with Gasteiger partial charge in [0.05, 0.1) is 7.11 Å². The van der Waals surface area contributed by atoms with E-state index in [1.807, 2.05) is 19.2 Å². The second-order valence-electron chi connectivity index (χ2n) is 4.07. The summed E-state index contributed by atoms with van der Waals surface area (Å²) in [6, 6.07) is 7.37. The molecule has 0 saturated heterocycles. The largest absolute Gasteiger partial charge is 0.493 e. The highest BCUT2D eigenvalue weighted by atomic mass is 16.5. The summed E-state index contributed by atoms with van der Waals surface area (Å²) in [5.41, 5.74) is 8.47. The third kappa shape index (κ3) is 2.91. The number of pyridine rings is 1. The van der Waals surface area contributed by atoms with Gasteiger partial charge in [-0.25, -0.2) is 0 Å². The molecule has 4 nitrogen and oxygen atoms in total. The van der Waals surface area contributed by atoms with Gasteiger partial charge in [-0.1, -0.05) is 0 Å². The van der Waals surface area contributed by atoms with Crippen molar-refractivity contribution in [3.63, 3.8) is 0 Å². The van der Waals surface area contributed by atoms with E-state index in [2.05, 4.69) is 4.98 Å². The minimum atomic E-state index is 0.453. The molecule has 0 radical (unpaired) electrons. The van der Waals surface area contributed by atoms with Crippen LogP contribution in [0.15, 0.2) is 36.7 Å². The molecule has 94 valence electrons. The van der Waals surface area contributed by atoms with Crippen molar-refractivity contribution < 1.29 is 9.47 Å². The Kier molecular flexibility index (Phi) is 3.67. The van der Waals surface area contributed by atoms with E-state index >= 15 is 0 Å². The highest BCUT2D eigenvalue weighted by molar-refractivity contribution is 5.51. The number of hydrogen-bond acceptors (Lipinski definition) is 4. The van der Waals surface area contributed by atoms with Gasteiger partial charge < -0.3 is 15.2 Å². The highest BCUT2D eigenvalue weighted by Gasteiger charge is 2.05. The molecule has 0 atom stereocenters. The van der Waals surface area contributed by atoms with Gasteiger partial charge in [0.1, 0.15) is 6.61 Å². The molecule has 0 aliphatic heterocycles. The number of nitrogens with zero attached hydrogens (tertiary/aromatic N) is 1. The molecule has 0 saturated carbocycles. The second kappa shape index (κ2) is 5.40. The normalized spacial score (nSPS) is 10.1. The second-order valence-corrected chi connectivity index (χ2v) is 4.07. The van der Waals surface area contributed by atoms with Crippen LogP contribution < -0.4 is 15.2 Å². The first-order valence-electron chi connectivity index (χ1n) is 5.66. The van der Waals surface area contributed by atoms with E-state index in [9.17, 15) is 0 Å². The summed E-state index contributed by atoms with van der Waals surface area (Å²) in [7, 11) is 1.59. The fourth-order valence-corrected chi connectivity index (χ4v) is 1.66. The lowest BCUT2D eigenvalue weighted by atomic mass is 10.2. The van der Waals surface area contributed by atoms with Crippen LogP contribution in [0, 0.1) is 6.92 Å². The highest BCUT2D eigenvalue weighted by Crippen LogP contribution is 2.29. The van der Waals surface area contributed by atoms with Crippen LogP contribution in [-0.2, 0) is 6.61 Å². The summed E-state index contributed by atoms with van der Waals surface area (Å²) < 4.78 is 10.9. The fraction of sp³-hybridized carbons (Fsp3) is 0.214. The number of nitrogens with two attached hydrogens (primary N) is 1. The zero-order valence-corrected chi connectivity index (χ0v) is 10.5. The van der Waals surface area contributed by atoms with Crippen molar-refractivity contribution in [3.8, 4) is 11.5 Å². The number of nitrogen functional groups attached to an aromatic ring is 1. The molecule has 0 amide bonds. The molecule has 2 rings (SSSR count). The summed E-state index contributed by atoms with van der Waals surface area (Å²) >= 11 is 0. The number of hydrogen-bond donors (Lipinski definition) is 1. The Morgan fingerprint density at radius 1 is 1.17 bits per heavy atom. The Labute approximate surface area is 106 Å². The molecule has 0 spiro atoms. The number of benzene rings is 1. The Morgan fingerprint density at radius 2 is 2.00 bits per heavy atom. The molecule has 2 N–H and O–H groups in total. The van der Waals surface area contributed by atoms with Gasteiger partial charge in [0.2, 0.25) is 0 Å². The van der Waals surface area contributed by atoms with E-state index in [1.165, 1.54) is 0 Å². The zero-order chi connectivity index (χ0) is 13.0. The van der Waals surface area contributed by atoms with Gasteiger partial charge in [-0.3, -0.25) is 4.98 Å². The first-order chi connectivity index (χ1) is 8.69. The van der Waals surface area contributed by atoms with Crippen molar-refractivity contribution in [3.05, 3.63) is 47.8 Å². The van der Waals surface area contributed by atoms with E-state index in [0.29, 0.717) is 23.8 Å². The number of methoxy groups -OCH3 is 1. The van der Waals surface area contributed by atoms with Crippen LogP contribution in [0.1, 0.15) is 11.1 Å². The average Bonchev–Trinajstić information content (AvgIpc) is 2.37. The summed E-state index contributed by atoms with van der Waals surface area (Å²) in [5, 5.41) is 0. The van der Waals surface area contributed by atoms with Crippen molar-refractivity contribution in [1.29, 1.82) is 0 Å². The Balaban J connectivity index is 2.10. The number of ether oxygens (including phenoxy) is 2. The maximum absolute atomic E-state index is 5.70. The SMILES string of the molecule is COc1cc(N)ccc1OCc1cncc(C)c1. The molecule has 4 heteroatoms. The Hall–Kier alpha value is -2.23. The van der Waals surface area contributed by atoms with E-state index in [4.69, 9.17) is 15.2 Å². The van der Waals surface area contributed by atoms with Crippen LogP contribution in [0.2, 0.25) is 0 Å². The zero-order valence-electron chi connectivity index (χ0n) is 10.5. The topological polar surface area (TPSA) is 57.4 Å². The van der Waals surface area contributed by atoms with Crippen LogP contribution in [0.4, 0.5) is 5.69 Å². The molecule has 1 aromatic carbocycles. The molecule has 1 aromatic heterocycles. The van der Waals surface area contributed by atoms with E-state index < -0.39 is 0 Å². The van der Waals surface area contributed by atoms with Crippen LogP contribution in [0.5, 0.6) is 11.5 Å². The molecule has 0 unspecified atom stereocenters. The molecule has 2 aromatic rings. The lowest BCUT2D eigenvalue weighted by molar-refractivity contribution is 0.284. The van der Waals surface area contributed by atoms with E-state index in [-0.39, 0.29) is 0 Å². The first-order valence-corrected chi connectivity index (χ1v) is 5.66. The van der Waals surface area contributed by atoms with Gasteiger partial charge in [-0.15, -0.1) is 0 Å². The molecule has 0 fully saturated rings. The lowest BCUT2D eigenvalue weighted by Crippen LogP contribution is -1.99. The summed E-state index contributed by atoms with van der Waals surface area (Å²) in [4.78, 5) is 4.12. The van der Waals surface area contributed by atoms with Gasteiger partial charge in [-0.2, -0.15) is 0 Å². The molecular weight excluding hydrogens is 228 g/mol. The number of rotatable bonds is 4. The van der Waals surface area contributed by atoms with E-state index in [1.54, 1.807) is 31.5 Å². The van der Waals surface area contributed by atoms with Crippen LogP contribution in [0.25, 0.3) is 0 Å². The maximum atomic E-state index is 5.70. The van der Waals surface area contributed by atoms with Gasteiger partial charge in [0.15, 0.2) is 11.5 Å². The lowest BCUT2D eigenvalue weighted by Gasteiger charge is -2.11. The van der Waals surface area contributed by atoms with Crippen molar-refractivity contribution in [2.24, 2.45) is 0 Å². The minimum absolute atomic E-state index is 0.453. The van der Waals surface area contributed by atoms with E-state index in [0.717, 1.165) is 11.1 Å². The van der Waals surface area contributed by atoms with Gasteiger partial charge in [-0.05, 0) is 30.7 Å². The van der Waals surface area contributed by atoms with Gasteiger partial charge in [0, 0.05) is 29.7 Å². The Bertz CT molecular complexity index is 541. The van der Waals surface area contributed by atoms with Crippen LogP contribution >= 0.6 is 0 Å². The van der Waals surface area contributed by atoms with Gasteiger partial charge in [0.25, 0.3) is 0 Å². The fourth-order valence-electron chi connectivity index (χ4n) is 1.66. The third-order valence-electron chi connectivity index (χ3n) is 2.51. The average molecular weight is 244 g/mol. The van der Waals surface area contributed by atoms with Crippen LogP contribution in [0.3, 0.4) is 0 Å². The predicted octanol–water partition coefficient (Wildman–Crippen LogP) is 2.56. The molecule has 0 aliphatic carbocycles. The molecular formula is C14H16N2O2. The smallest absolute Gasteiger partial charge is 0.162 e. The monoisotopic (exact) mass is 244 g/mol. The number of aryl methyl sites for hydroxylation is 1. The van der Waals surface area contributed by atoms with Crippen LogP contribution in [-0.4, -0.2) is 12.1 Å². The maximum Gasteiger partial charge on any atom is 0.162 e. The van der Waals surface area contributed by atoms with Gasteiger partial charge >= 0.3 is 0 Å².